The molecule has 1 unspecified atom stereocenters. The molecule has 0 saturated heterocycles. The zero-order chi connectivity index (χ0) is 20.2. The van der Waals surface area contributed by atoms with Gasteiger partial charge in [-0.1, -0.05) is 11.6 Å². The highest BCUT2D eigenvalue weighted by atomic mass is 35.5. The second-order valence-electron chi connectivity index (χ2n) is 5.73. The molecule has 0 aromatic heterocycles. The molecule has 0 radical (unpaired) electrons. The Balaban J connectivity index is 2.03. The maximum atomic E-state index is 12.4. The van der Waals surface area contributed by atoms with Gasteiger partial charge in [0.05, 0.1) is 12.8 Å². The topological polar surface area (TPSA) is 59.6 Å². The number of ether oxygens (including phenoxy) is 2. The summed E-state index contributed by atoms with van der Waals surface area (Å²) in [6.45, 7) is 3.41. The minimum absolute atomic E-state index is 0.341. The van der Waals surface area contributed by atoms with Gasteiger partial charge in [-0.05, 0) is 49.7 Å². The van der Waals surface area contributed by atoms with E-state index >= 15 is 0 Å². The van der Waals surface area contributed by atoms with Gasteiger partial charge >= 0.3 is 6.36 Å². The van der Waals surface area contributed by atoms with Crippen LogP contribution in [0.5, 0.6) is 11.5 Å². The summed E-state index contributed by atoms with van der Waals surface area (Å²) in [6.07, 6.45) is -4.75. The number of halogens is 4. The molecule has 0 aliphatic rings. The van der Waals surface area contributed by atoms with Crippen LogP contribution in [0.4, 0.5) is 24.5 Å². The van der Waals surface area contributed by atoms with Crippen LogP contribution in [0.1, 0.15) is 12.5 Å². The predicted octanol–water partition coefficient (Wildman–Crippen LogP) is 4.99. The smallest absolute Gasteiger partial charge is 0.495 e. The molecule has 0 heterocycles. The second-order valence-corrected chi connectivity index (χ2v) is 6.14. The van der Waals surface area contributed by atoms with Crippen LogP contribution in [-0.4, -0.2) is 25.4 Å². The predicted molar refractivity (Wildman–Crippen MR) is 97.6 cm³/mol. The van der Waals surface area contributed by atoms with Crippen molar-refractivity contribution in [2.75, 3.05) is 17.7 Å². The van der Waals surface area contributed by atoms with Crippen LogP contribution >= 0.6 is 11.6 Å². The third kappa shape index (κ3) is 5.96. The van der Waals surface area contributed by atoms with Crippen LogP contribution in [0.15, 0.2) is 36.4 Å². The van der Waals surface area contributed by atoms with E-state index in [-0.39, 0.29) is 11.7 Å². The quantitative estimate of drug-likeness (QED) is 0.714. The van der Waals surface area contributed by atoms with Crippen molar-refractivity contribution in [3.63, 3.8) is 0 Å². The molecule has 2 aromatic carbocycles. The van der Waals surface area contributed by atoms with E-state index in [1.165, 1.54) is 19.2 Å². The van der Waals surface area contributed by atoms with E-state index in [0.717, 1.165) is 17.7 Å². The molecule has 5 nitrogen and oxygen atoms in total. The van der Waals surface area contributed by atoms with Crippen LogP contribution in [-0.2, 0) is 4.79 Å². The van der Waals surface area contributed by atoms with Crippen LogP contribution in [0.25, 0.3) is 0 Å². The second kappa shape index (κ2) is 8.39. The lowest BCUT2D eigenvalue weighted by atomic mass is 10.2. The van der Waals surface area contributed by atoms with Crippen molar-refractivity contribution >= 4 is 28.9 Å². The Kier molecular flexibility index (Phi) is 6.43. The van der Waals surface area contributed by atoms with Gasteiger partial charge in [-0.25, -0.2) is 0 Å². The van der Waals surface area contributed by atoms with Crippen LogP contribution in [0.3, 0.4) is 0 Å². The Labute approximate surface area is 159 Å². The number of methoxy groups -OCH3 is 1. The average molecular weight is 403 g/mol. The first-order valence-electron chi connectivity index (χ1n) is 7.86. The Hall–Kier alpha value is -2.61. The van der Waals surface area contributed by atoms with Gasteiger partial charge in [0, 0.05) is 16.8 Å². The molecule has 2 rings (SSSR count). The number of benzene rings is 2. The third-order valence-corrected chi connectivity index (χ3v) is 4.01. The summed E-state index contributed by atoms with van der Waals surface area (Å²) in [4.78, 5) is 12.4. The van der Waals surface area contributed by atoms with E-state index in [1.807, 2.05) is 0 Å². The third-order valence-electron chi connectivity index (χ3n) is 3.60. The lowest BCUT2D eigenvalue weighted by Crippen LogP contribution is -2.32. The molecule has 0 fully saturated rings. The molecule has 0 aliphatic heterocycles. The molecule has 0 bridgehead atoms. The minimum Gasteiger partial charge on any atom is -0.495 e. The molecule has 0 saturated carbocycles. The Morgan fingerprint density at radius 2 is 1.81 bits per heavy atom. The number of hydrogen-bond donors (Lipinski definition) is 2. The summed E-state index contributed by atoms with van der Waals surface area (Å²) in [5.41, 5.74) is 1.70. The van der Waals surface area contributed by atoms with Crippen LogP contribution < -0.4 is 20.1 Å². The first-order chi connectivity index (χ1) is 12.6. The summed E-state index contributed by atoms with van der Waals surface area (Å²) < 4.78 is 45.5. The molecule has 1 amide bonds. The monoisotopic (exact) mass is 402 g/mol. The number of alkyl halides is 3. The van der Waals surface area contributed by atoms with Crippen LogP contribution in [0.2, 0.25) is 5.02 Å². The van der Waals surface area contributed by atoms with Crippen molar-refractivity contribution < 1.29 is 27.4 Å². The highest BCUT2D eigenvalue weighted by Crippen LogP contribution is 2.31. The zero-order valence-electron chi connectivity index (χ0n) is 14.8. The molecule has 146 valence electrons. The largest absolute Gasteiger partial charge is 0.573 e. The molecular weight excluding hydrogens is 385 g/mol. The van der Waals surface area contributed by atoms with Gasteiger partial charge in [0.2, 0.25) is 5.91 Å². The number of amides is 1. The zero-order valence-corrected chi connectivity index (χ0v) is 15.5. The van der Waals surface area contributed by atoms with Gasteiger partial charge < -0.3 is 20.1 Å². The molecular formula is C18H18ClF3N2O3. The summed E-state index contributed by atoms with van der Waals surface area (Å²) in [5.74, 6) is -0.281. The standard InChI is InChI=1S/C18H18ClF3N2O3/c1-10-8-15(16(26-3)9-14(10)19)24-17(25)11(2)23-12-4-6-13(7-5-12)27-18(20,21)22/h4-9,11,23H,1-3H3,(H,24,25). The van der Waals surface area contributed by atoms with Crippen molar-refractivity contribution in [3.05, 3.63) is 47.0 Å². The Bertz CT molecular complexity index is 811. The highest BCUT2D eigenvalue weighted by molar-refractivity contribution is 6.31. The molecule has 2 N–H and O–H groups in total. The average Bonchev–Trinajstić information content (AvgIpc) is 2.58. The summed E-state index contributed by atoms with van der Waals surface area (Å²) in [7, 11) is 1.46. The number of carbonyl (C=O) groups excluding carboxylic acids is 1. The van der Waals surface area contributed by atoms with E-state index in [4.69, 9.17) is 16.3 Å². The van der Waals surface area contributed by atoms with Crippen molar-refractivity contribution in [2.45, 2.75) is 26.3 Å². The SMILES string of the molecule is COc1cc(Cl)c(C)cc1NC(=O)C(C)Nc1ccc(OC(F)(F)F)cc1. The van der Waals surface area contributed by atoms with Crippen molar-refractivity contribution in [2.24, 2.45) is 0 Å². The van der Waals surface area contributed by atoms with Crippen molar-refractivity contribution in [1.29, 1.82) is 0 Å². The van der Waals surface area contributed by atoms with E-state index in [0.29, 0.717) is 22.1 Å². The van der Waals surface area contributed by atoms with Gasteiger partial charge in [-0.15, -0.1) is 13.2 Å². The molecule has 1 atom stereocenters. The Morgan fingerprint density at radius 1 is 1.19 bits per heavy atom. The first kappa shape index (κ1) is 20.7. The van der Waals surface area contributed by atoms with Gasteiger partial charge in [-0.2, -0.15) is 0 Å². The van der Waals surface area contributed by atoms with Crippen molar-refractivity contribution in [3.8, 4) is 11.5 Å². The van der Waals surface area contributed by atoms with E-state index in [9.17, 15) is 18.0 Å². The molecule has 0 spiro atoms. The normalized spacial score (nSPS) is 12.3. The van der Waals surface area contributed by atoms with Gasteiger partial charge in [-0.3, -0.25) is 4.79 Å². The number of rotatable bonds is 6. The van der Waals surface area contributed by atoms with E-state index in [1.54, 1.807) is 26.0 Å². The lowest BCUT2D eigenvalue weighted by Gasteiger charge is -2.18. The fourth-order valence-corrected chi connectivity index (χ4v) is 2.39. The summed E-state index contributed by atoms with van der Waals surface area (Å²) >= 11 is 6.04. The molecule has 9 heteroatoms. The molecule has 0 aliphatic carbocycles. The minimum atomic E-state index is -4.75. The van der Waals surface area contributed by atoms with Crippen molar-refractivity contribution in [1.82, 2.24) is 0 Å². The summed E-state index contributed by atoms with van der Waals surface area (Å²) in [6, 6.07) is 7.72. The molecule has 2 aromatic rings. The van der Waals surface area contributed by atoms with Gasteiger partial charge in [0.1, 0.15) is 17.5 Å². The van der Waals surface area contributed by atoms with Crippen LogP contribution in [0, 0.1) is 6.92 Å². The van der Waals surface area contributed by atoms with Gasteiger partial charge in [0.25, 0.3) is 0 Å². The number of anilines is 2. The summed E-state index contributed by atoms with van der Waals surface area (Å²) in [5, 5.41) is 6.14. The fraction of sp³-hybridized carbons (Fsp3) is 0.278. The highest BCUT2D eigenvalue weighted by Gasteiger charge is 2.31. The maximum absolute atomic E-state index is 12.4. The maximum Gasteiger partial charge on any atom is 0.573 e. The van der Waals surface area contributed by atoms with E-state index in [2.05, 4.69) is 15.4 Å². The first-order valence-corrected chi connectivity index (χ1v) is 8.24. The molecule has 27 heavy (non-hydrogen) atoms. The number of aryl methyl sites for hydroxylation is 1. The Morgan fingerprint density at radius 3 is 2.37 bits per heavy atom. The number of carbonyl (C=O) groups is 1. The van der Waals surface area contributed by atoms with E-state index < -0.39 is 12.4 Å². The number of nitrogens with one attached hydrogen (secondary N) is 2. The lowest BCUT2D eigenvalue weighted by molar-refractivity contribution is -0.274. The van der Waals surface area contributed by atoms with Gasteiger partial charge in [0.15, 0.2) is 0 Å². The number of hydrogen-bond acceptors (Lipinski definition) is 4. The fourth-order valence-electron chi connectivity index (χ4n) is 2.24.